The van der Waals surface area contributed by atoms with Crippen molar-refractivity contribution in [2.75, 3.05) is 5.73 Å². The Hall–Kier alpha value is -2.08. The molecule has 0 fully saturated rings. The highest BCUT2D eigenvalue weighted by Crippen LogP contribution is 2.28. The summed E-state index contributed by atoms with van der Waals surface area (Å²) in [5, 5.41) is 1.18. The molecule has 0 radical (unpaired) electrons. The topological polar surface area (TPSA) is 89.3 Å². The lowest BCUT2D eigenvalue weighted by Gasteiger charge is -2.11. The van der Waals surface area contributed by atoms with Crippen LogP contribution in [0.25, 0.3) is 10.8 Å². The largest absolute Gasteiger partial charge is 0.398 e. The number of nitrogens with one attached hydrogen (secondary N) is 1. The van der Waals surface area contributed by atoms with Gasteiger partial charge in [0.1, 0.15) is 0 Å². The van der Waals surface area contributed by atoms with Crippen LogP contribution in [0.5, 0.6) is 0 Å². The zero-order valence-corrected chi connectivity index (χ0v) is 15.4. The molecule has 0 saturated carbocycles. The monoisotopic (exact) mass is 362 g/mol. The fourth-order valence-electron chi connectivity index (χ4n) is 2.88. The third-order valence-corrected chi connectivity index (χ3v) is 5.61. The molecule has 2 rings (SSSR count). The Morgan fingerprint density at radius 1 is 1.00 bits per heavy atom. The van der Waals surface area contributed by atoms with Crippen LogP contribution in [0.1, 0.15) is 51.9 Å². The third kappa shape index (κ3) is 5.19. The van der Waals surface area contributed by atoms with E-state index in [4.69, 9.17) is 5.73 Å². The number of sulfonamides is 1. The van der Waals surface area contributed by atoms with Crippen molar-refractivity contribution in [1.82, 2.24) is 4.72 Å². The van der Waals surface area contributed by atoms with Crippen LogP contribution >= 0.6 is 0 Å². The Balaban J connectivity index is 2.04. The molecule has 136 valence electrons. The Kier molecular flexibility index (Phi) is 6.82. The molecule has 1 amide bonds. The standard InChI is InChI=1S/C19H26N2O3S/c1-2-3-4-5-6-7-14-18(22)21-25(23,24)17-13-9-11-15-10-8-12-16(20)19(15)17/h8-13H,2-7,14,20H2,1H3,(H,21,22). The number of unbranched alkanes of at least 4 members (excludes halogenated alkanes) is 5. The molecule has 0 saturated heterocycles. The number of carbonyl (C=O) groups excluding carboxylic acids is 1. The fraction of sp³-hybridized carbons (Fsp3) is 0.421. The van der Waals surface area contributed by atoms with Crippen molar-refractivity contribution in [3.8, 4) is 0 Å². The van der Waals surface area contributed by atoms with Crippen LogP contribution < -0.4 is 10.5 Å². The van der Waals surface area contributed by atoms with Crippen molar-refractivity contribution in [2.45, 2.75) is 56.8 Å². The first-order valence-electron chi connectivity index (χ1n) is 8.78. The molecule has 0 spiro atoms. The van der Waals surface area contributed by atoms with Gasteiger partial charge in [-0.2, -0.15) is 0 Å². The number of benzene rings is 2. The van der Waals surface area contributed by atoms with E-state index < -0.39 is 15.9 Å². The second-order valence-corrected chi connectivity index (χ2v) is 7.90. The minimum atomic E-state index is -3.94. The highest BCUT2D eigenvalue weighted by Gasteiger charge is 2.21. The van der Waals surface area contributed by atoms with Gasteiger partial charge >= 0.3 is 0 Å². The van der Waals surface area contributed by atoms with Crippen LogP contribution in [0.4, 0.5) is 5.69 Å². The predicted octanol–water partition coefficient (Wildman–Crippen LogP) is 3.98. The van der Waals surface area contributed by atoms with Gasteiger partial charge in [0, 0.05) is 17.5 Å². The van der Waals surface area contributed by atoms with Gasteiger partial charge in [-0.3, -0.25) is 4.79 Å². The summed E-state index contributed by atoms with van der Waals surface area (Å²) < 4.78 is 27.4. The maximum Gasteiger partial charge on any atom is 0.264 e. The number of hydrogen-bond donors (Lipinski definition) is 2. The molecule has 0 bridgehead atoms. The van der Waals surface area contributed by atoms with Gasteiger partial charge in [0.05, 0.1) is 4.90 Å². The van der Waals surface area contributed by atoms with Crippen molar-refractivity contribution in [3.63, 3.8) is 0 Å². The molecular formula is C19H26N2O3S. The van der Waals surface area contributed by atoms with Gasteiger partial charge < -0.3 is 5.73 Å². The highest BCUT2D eigenvalue weighted by molar-refractivity contribution is 7.90. The molecular weight excluding hydrogens is 336 g/mol. The number of fused-ring (bicyclic) bond motifs is 1. The van der Waals surface area contributed by atoms with Gasteiger partial charge in [0.25, 0.3) is 10.0 Å². The molecule has 2 aromatic rings. The first-order chi connectivity index (χ1) is 12.0. The second-order valence-electron chi connectivity index (χ2n) is 6.25. The summed E-state index contributed by atoms with van der Waals surface area (Å²) in [6.07, 6.45) is 6.46. The molecule has 2 aromatic carbocycles. The number of carbonyl (C=O) groups is 1. The molecule has 0 heterocycles. The zero-order valence-electron chi connectivity index (χ0n) is 14.6. The summed E-state index contributed by atoms with van der Waals surface area (Å²) >= 11 is 0. The van der Waals surface area contributed by atoms with Gasteiger partial charge in [-0.1, -0.05) is 63.3 Å². The number of nitrogen functional groups attached to an aromatic ring is 1. The van der Waals surface area contributed by atoms with Crippen LogP contribution in [-0.4, -0.2) is 14.3 Å². The van der Waals surface area contributed by atoms with Gasteiger partial charge in [-0.25, -0.2) is 13.1 Å². The maximum absolute atomic E-state index is 12.6. The van der Waals surface area contributed by atoms with Gasteiger partial charge in [0.15, 0.2) is 0 Å². The summed E-state index contributed by atoms with van der Waals surface area (Å²) in [6, 6.07) is 10.1. The van der Waals surface area contributed by atoms with Crippen LogP contribution in [0.3, 0.4) is 0 Å². The summed E-state index contributed by atoms with van der Waals surface area (Å²) in [4.78, 5) is 12.1. The average Bonchev–Trinajstić information content (AvgIpc) is 2.57. The van der Waals surface area contributed by atoms with Crippen molar-refractivity contribution >= 4 is 32.4 Å². The Morgan fingerprint density at radius 2 is 1.64 bits per heavy atom. The molecule has 0 unspecified atom stereocenters. The van der Waals surface area contributed by atoms with Crippen LogP contribution in [-0.2, 0) is 14.8 Å². The van der Waals surface area contributed by atoms with Gasteiger partial charge in [-0.05, 0) is 23.9 Å². The summed E-state index contributed by atoms with van der Waals surface area (Å²) in [6.45, 7) is 2.15. The van der Waals surface area contributed by atoms with Crippen molar-refractivity contribution in [3.05, 3.63) is 36.4 Å². The smallest absolute Gasteiger partial charge is 0.264 e. The van der Waals surface area contributed by atoms with E-state index in [1.807, 2.05) is 0 Å². The number of rotatable bonds is 9. The van der Waals surface area contributed by atoms with E-state index in [0.717, 1.165) is 24.6 Å². The molecule has 0 aliphatic carbocycles. The predicted molar refractivity (Wildman–Crippen MR) is 102 cm³/mol. The number of hydrogen-bond acceptors (Lipinski definition) is 4. The van der Waals surface area contributed by atoms with E-state index in [2.05, 4.69) is 11.6 Å². The quantitative estimate of drug-likeness (QED) is 0.521. The summed E-state index contributed by atoms with van der Waals surface area (Å²) in [5.41, 5.74) is 6.32. The lowest BCUT2D eigenvalue weighted by atomic mass is 10.1. The van der Waals surface area contributed by atoms with E-state index in [1.54, 1.807) is 30.3 Å². The van der Waals surface area contributed by atoms with Gasteiger partial charge in [0.2, 0.25) is 5.91 Å². The number of amides is 1. The summed E-state index contributed by atoms with van der Waals surface area (Å²) in [7, 11) is -3.94. The Morgan fingerprint density at radius 3 is 2.36 bits per heavy atom. The molecule has 3 N–H and O–H groups in total. The van der Waals surface area contributed by atoms with Crippen LogP contribution in [0, 0.1) is 0 Å². The maximum atomic E-state index is 12.6. The van der Waals surface area contributed by atoms with E-state index in [-0.39, 0.29) is 11.3 Å². The molecule has 0 aromatic heterocycles. The number of nitrogens with two attached hydrogens (primary N) is 1. The SMILES string of the molecule is CCCCCCCCC(=O)NS(=O)(=O)c1cccc2cccc(N)c12. The number of anilines is 1. The Labute approximate surface area is 149 Å². The van der Waals surface area contributed by atoms with E-state index in [0.29, 0.717) is 17.5 Å². The average molecular weight is 362 g/mol. The van der Waals surface area contributed by atoms with E-state index >= 15 is 0 Å². The van der Waals surface area contributed by atoms with Crippen molar-refractivity contribution in [2.24, 2.45) is 0 Å². The normalized spacial score (nSPS) is 11.6. The third-order valence-electron chi connectivity index (χ3n) is 4.19. The zero-order chi connectivity index (χ0) is 18.3. The molecule has 6 heteroatoms. The molecule has 5 nitrogen and oxygen atoms in total. The minimum absolute atomic E-state index is 0.0411. The lowest BCUT2D eigenvalue weighted by molar-refractivity contribution is -0.119. The molecule has 0 atom stereocenters. The fourth-order valence-corrected chi connectivity index (χ4v) is 4.15. The second kappa shape index (κ2) is 8.85. The van der Waals surface area contributed by atoms with Crippen LogP contribution in [0.15, 0.2) is 41.3 Å². The lowest BCUT2D eigenvalue weighted by Crippen LogP contribution is -2.30. The van der Waals surface area contributed by atoms with E-state index in [1.165, 1.54) is 18.9 Å². The van der Waals surface area contributed by atoms with Crippen molar-refractivity contribution < 1.29 is 13.2 Å². The molecule has 25 heavy (non-hydrogen) atoms. The van der Waals surface area contributed by atoms with Gasteiger partial charge in [-0.15, -0.1) is 0 Å². The van der Waals surface area contributed by atoms with Crippen LogP contribution in [0.2, 0.25) is 0 Å². The summed E-state index contributed by atoms with van der Waals surface area (Å²) in [5.74, 6) is -0.470. The molecule has 0 aliphatic heterocycles. The van der Waals surface area contributed by atoms with E-state index in [9.17, 15) is 13.2 Å². The Bertz CT molecular complexity index is 826. The molecule has 0 aliphatic rings. The first kappa shape index (κ1) is 19.2. The first-order valence-corrected chi connectivity index (χ1v) is 10.3. The minimum Gasteiger partial charge on any atom is -0.398 e. The van der Waals surface area contributed by atoms with Crippen molar-refractivity contribution in [1.29, 1.82) is 0 Å². The highest BCUT2D eigenvalue weighted by atomic mass is 32.2.